The van der Waals surface area contributed by atoms with Gasteiger partial charge in [-0.2, -0.15) is 18.3 Å². The maximum absolute atomic E-state index is 12.4. The van der Waals surface area contributed by atoms with Gasteiger partial charge < -0.3 is 0 Å². The number of halogens is 4. The van der Waals surface area contributed by atoms with Crippen LogP contribution in [0.5, 0.6) is 0 Å². The van der Waals surface area contributed by atoms with Crippen LogP contribution in [-0.4, -0.2) is 14.7 Å². The van der Waals surface area contributed by atoms with E-state index in [0.717, 1.165) is 10.9 Å². The Morgan fingerprint density at radius 2 is 2.10 bits per heavy atom. The topological polar surface area (TPSA) is 61.0 Å². The fourth-order valence-corrected chi connectivity index (χ4v) is 2.13. The molecule has 1 aromatic heterocycles. The molecule has 2 aromatic rings. The zero-order chi connectivity index (χ0) is 14.9. The Hall–Kier alpha value is -1.90. The van der Waals surface area contributed by atoms with Crippen LogP contribution in [-0.2, 0) is 12.7 Å². The number of nitro groups is 1. The first-order chi connectivity index (χ1) is 9.29. The Balaban J connectivity index is 2.29. The van der Waals surface area contributed by atoms with E-state index in [1.165, 1.54) is 12.1 Å². The van der Waals surface area contributed by atoms with Gasteiger partial charge in [-0.15, -0.1) is 0 Å². The average Bonchev–Trinajstić information content (AvgIpc) is 2.80. The van der Waals surface area contributed by atoms with Crippen LogP contribution in [0.3, 0.4) is 0 Å². The summed E-state index contributed by atoms with van der Waals surface area (Å²) < 4.78 is 38.6. The highest BCUT2D eigenvalue weighted by Gasteiger charge is 2.32. The number of nitrogens with zero attached hydrogens (tertiary/aromatic N) is 3. The third kappa shape index (κ3) is 2.98. The van der Waals surface area contributed by atoms with Crippen LogP contribution in [0.15, 0.2) is 35.1 Å². The summed E-state index contributed by atoms with van der Waals surface area (Å²) in [5.74, 6) is 0. The van der Waals surface area contributed by atoms with Crippen molar-refractivity contribution in [3.05, 3.63) is 56.3 Å². The molecule has 0 atom stereocenters. The maximum Gasteiger partial charge on any atom is 0.419 e. The third-order valence-corrected chi connectivity index (χ3v) is 3.46. The molecule has 9 heteroatoms. The molecular formula is C11H7BrF3N3O2. The lowest BCUT2D eigenvalue weighted by Crippen LogP contribution is -2.04. The highest BCUT2D eigenvalue weighted by atomic mass is 79.9. The summed E-state index contributed by atoms with van der Waals surface area (Å²) in [6, 6.07) is 4.34. The molecule has 0 aliphatic carbocycles. The number of aromatic nitrogens is 2. The standard InChI is InChI=1S/C11H7BrF3N3O2/c12-10-7(2-1-3-9(10)18(19)20)5-17-6-8(4-16-17)11(13,14)15/h1-4,6H,5H2. The lowest BCUT2D eigenvalue weighted by molar-refractivity contribution is -0.385. The van der Waals surface area contributed by atoms with E-state index in [1.54, 1.807) is 6.07 Å². The first kappa shape index (κ1) is 14.5. The van der Waals surface area contributed by atoms with Crippen molar-refractivity contribution < 1.29 is 18.1 Å². The van der Waals surface area contributed by atoms with Gasteiger partial charge in [0.25, 0.3) is 5.69 Å². The van der Waals surface area contributed by atoms with Gasteiger partial charge in [0, 0.05) is 12.3 Å². The van der Waals surface area contributed by atoms with Gasteiger partial charge in [0.1, 0.15) is 4.47 Å². The molecule has 0 N–H and O–H groups in total. The summed E-state index contributed by atoms with van der Waals surface area (Å²) in [6.45, 7) is -0.00164. The minimum Gasteiger partial charge on any atom is -0.268 e. The van der Waals surface area contributed by atoms with Crippen LogP contribution in [0.4, 0.5) is 18.9 Å². The molecule has 0 unspecified atom stereocenters. The molecular weight excluding hydrogens is 343 g/mol. The van der Waals surface area contributed by atoms with Crippen LogP contribution in [0, 0.1) is 10.1 Å². The molecule has 0 aliphatic heterocycles. The van der Waals surface area contributed by atoms with Crippen molar-refractivity contribution in [3.63, 3.8) is 0 Å². The zero-order valence-electron chi connectivity index (χ0n) is 9.76. The SMILES string of the molecule is O=[N+]([O-])c1cccc(Cn2cc(C(F)(F)F)cn2)c1Br. The van der Waals surface area contributed by atoms with Gasteiger partial charge in [-0.1, -0.05) is 12.1 Å². The largest absolute Gasteiger partial charge is 0.419 e. The average molecular weight is 350 g/mol. The molecule has 0 fully saturated rings. The van der Waals surface area contributed by atoms with Crippen molar-refractivity contribution in [2.24, 2.45) is 0 Å². The Morgan fingerprint density at radius 1 is 1.40 bits per heavy atom. The number of benzene rings is 1. The van der Waals surface area contributed by atoms with Crippen LogP contribution >= 0.6 is 15.9 Å². The molecule has 0 saturated heterocycles. The lowest BCUT2D eigenvalue weighted by Gasteiger charge is -2.05. The fourth-order valence-electron chi connectivity index (χ4n) is 1.60. The predicted octanol–water partition coefficient (Wildman–Crippen LogP) is 3.62. The maximum atomic E-state index is 12.4. The van der Waals surface area contributed by atoms with E-state index in [4.69, 9.17) is 0 Å². The Labute approximate surface area is 119 Å². The van der Waals surface area contributed by atoms with E-state index in [9.17, 15) is 23.3 Å². The number of rotatable bonds is 3. The summed E-state index contributed by atoms with van der Waals surface area (Å²) >= 11 is 3.08. The molecule has 0 bridgehead atoms. The van der Waals surface area contributed by atoms with Crippen LogP contribution in [0.1, 0.15) is 11.1 Å². The summed E-state index contributed by atoms with van der Waals surface area (Å²) in [5.41, 5.74) is -0.541. The van der Waals surface area contributed by atoms with Crippen molar-refractivity contribution in [3.8, 4) is 0 Å². The van der Waals surface area contributed by atoms with Crippen LogP contribution < -0.4 is 0 Å². The van der Waals surface area contributed by atoms with Crippen LogP contribution in [0.25, 0.3) is 0 Å². The minimum atomic E-state index is -4.46. The molecule has 0 spiro atoms. The third-order valence-electron chi connectivity index (χ3n) is 2.55. The first-order valence-electron chi connectivity index (χ1n) is 5.30. The van der Waals surface area contributed by atoms with E-state index in [0.29, 0.717) is 11.8 Å². The zero-order valence-corrected chi connectivity index (χ0v) is 11.3. The fraction of sp³-hybridized carbons (Fsp3) is 0.182. The van der Waals surface area contributed by atoms with Gasteiger partial charge >= 0.3 is 6.18 Å². The quantitative estimate of drug-likeness (QED) is 0.628. The summed E-state index contributed by atoms with van der Waals surface area (Å²) in [5, 5.41) is 14.4. The van der Waals surface area contributed by atoms with Crippen molar-refractivity contribution in [2.45, 2.75) is 12.7 Å². The van der Waals surface area contributed by atoms with E-state index in [2.05, 4.69) is 21.0 Å². The van der Waals surface area contributed by atoms with Gasteiger partial charge in [-0.05, 0) is 21.5 Å². The molecule has 0 amide bonds. The van der Waals surface area contributed by atoms with Gasteiger partial charge in [0.05, 0.1) is 23.2 Å². The minimum absolute atomic E-state index is 0.00164. The number of alkyl halides is 3. The van der Waals surface area contributed by atoms with Crippen LogP contribution in [0.2, 0.25) is 0 Å². The molecule has 1 heterocycles. The molecule has 106 valence electrons. The Morgan fingerprint density at radius 3 is 2.65 bits per heavy atom. The second-order valence-corrected chi connectivity index (χ2v) is 4.72. The Bertz CT molecular complexity index is 655. The van der Waals surface area contributed by atoms with Crippen molar-refractivity contribution in [1.29, 1.82) is 0 Å². The van der Waals surface area contributed by atoms with Gasteiger partial charge in [0.2, 0.25) is 0 Å². The molecule has 20 heavy (non-hydrogen) atoms. The number of hydrogen-bond donors (Lipinski definition) is 0. The van der Waals surface area contributed by atoms with Gasteiger partial charge in [-0.25, -0.2) is 0 Å². The number of hydrogen-bond acceptors (Lipinski definition) is 3. The second-order valence-electron chi connectivity index (χ2n) is 3.93. The van der Waals surface area contributed by atoms with E-state index >= 15 is 0 Å². The van der Waals surface area contributed by atoms with Crippen molar-refractivity contribution in [2.75, 3.05) is 0 Å². The Kier molecular flexibility index (Phi) is 3.80. The predicted molar refractivity (Wildman–Crippen MR) is 67.1 cm³/mol. The van der Waals surface area contributed by atoms with E-state index in [1.807, 2.05) is 0 Å². The lowest BCUT2D eigenvalue weighted by atomic mass is 10.2. The second kappa shape index (κ2) is 5.23. The smallest absolute Gasteiger partial charge is 0.268 e. The molecule has 5 nitrogen and oxygen atoms in total. The molecule has 0 aliphatic rings. The van der Waals surface area contributed by atoms with Gasteiger partial charge in [0.15, 0.2) is 0 Å². The summed E-state index contributed by atoms with van der Waals surface area (Å²) in [6.07, 6.45) is -2.89. The van der Waals surface area contributed by atoms with E-state index in [-0.39, 0.29) is 16.7 Å². The monoisotopic (exact) mass is 349 g/mol. The molecule has 0 saturated carbocycles. The normalized spacial score (nSPS) is 11.6. The molecule has 0 radical (unpaired) electrons. The molecule has 2 rings (SSSR count). The molecule has 1 aromatic carbocycles. The van der Waals surface area contributed by atoms with Gasteiger partial charge in [-0.3, -0.25) is 14.8 Å². The van der Waals surface area contributed by atoms with Crippen molar-refractivity contribution in [1.82, 2.24) is 9.78 Å². The number of nitro benzene ring substituents is 1. The summed E-state index contributed by atoms with van der Waals surface area (Å²) in [7, 11) is 0. The summed E-state index contributed by atoms with van der Waals surface area (Å²) in [4.78, 5) is 10.2. The van der Waals surface area contributed by atoms with E-state index < -0.39 is 16.7 Å². The van der Waals surface area contributed by atoms with Crippen molar-refractivity contribution >= 4 is 21.6 Å². The first-order valence-corrected chi connectivity index (χ1v) is 6.10. The highest BCUT2D eigenvalue weighted by molar-refractivity contribution is 9.10. The highest BCUT2D eigenvalue weighted by Crippen LogP contribution is 2.30.